The van der Waals surface area contributed by atoms with Gasteiger partial charge >= 0.3 is 0 Å². The van der Waals surface area contributed by atoms with Crippen molar-refractivity contribution >= 4 is 11.6 Å². The van der Waals surface area contributed by atoms with Crippen molar-refractivity contribution in [1.82, 2.24) is 0 Å². The summed E-state index contributed by atoms with van der Waals surface area (Å²) in [5, 5.41) is 2.83. The van der Waals surface area contributed by atoms with E-state index >= 15 is 0 Å². The normalized spacial score (nSPS) is 10.3. The molecule has 0 radical (unpaired) electrons. The zero-order chi connectivity index (χ0) is 16.8. The molecule has 5 heteroatoms. The van der Waals surface area contributed by atoms with E-state index in [1.165, 1.54) is 0 Å². The third-order valence-electron chi connectivity index (χ3n) is 3.11. The van der Waals surface area contributed by atoms with Crippen molar-refractivity contribution < 1.29 is 19.0 Å². The quantitative estimate of drug-likeness (QED) is 0.882. The van der Waals surface area contributed by atoms with E-state index in [9.17, 15) is 4.79 Å². The third-order valence-corrected chi connectivity index (χ3v) is 3.11. The fourth-order valence-electron chi connectivity index (χ4n) is 2.10. The van der Waals surface area contributed by atoms with Gasteiger partial charge in [0.1, 0.15) is 5.75 Å². The summed E-state index contributed by atoms with van der Waals surface area (Å²) >= 11 is 0. The van der Waals surface area contributed by atoms with Gasteiger partial charge in [0.05, 0.1) is 20.3 Å². The Morgan fingerprint density at radius 2 is 1.74 bits per heavy atom. The first-order chi connectivity index (χ1) is 11.0. The lowest BCUT2D eigenvalue weighted by molar-refractivity contribution is 0.102. The van der Waals surface area contributed by atoms with Crippen LogP contribution in [0.5, 0.6) is 17.2 Å². The molecule has 0 aromatic heterocycles. The molecule has 2 aromatic carbocycles. The second-order valence-corrected chi connectivity index (χ2v) is 5.22. The van der Waals surface area contributed by atoms with Crippen LogP contribution < -0.4 is 19.5 Å². The second kappa shape index (κ2) is 7.54. The van der Waals surface area contributed by atoms with E-state index in [2.05, 4.69) is 5.32 Å². The smallest absolute Gasteiger partial charge is 0.255 e. The first-order valence-corrected chi connectivity index (χ1v) is 7.33. The summed E-state index contributed by atoms with van der Waals surface area (Å²) in [6.07, 6.45) is 0.0548. The molecule has 2 aromatic rings. The molecular formula is C18H21NO4. The molecule has 0 saturated carbocycles. The van der Waals surface area contributed by atoms with Gasteiger partial charge in [-0.1, -0.05) is 6.07 Å². The largest absolute Gasteiger partial charge is 0.493 e. The topological polar surface area (TPSA) is 56.8 Å². The minimum Gasteiger partial charge on any atom is -0.493 e. The fraction of sp³-hybridized carbons (Fsp3) is 0.278. The highest BCUT2D eigenvalue weighted by atomic mass is 16.5. The van der Waals surface area contributed by atoms with E-state index < -0.39 is 0 Å². The number of amides is 1. The van der Waals surface area contributed by atoms with Crippen LogP contribution in [0.3, 0.4) is 0 Å². The Morgan fingerprint density at radius 1 is 1.00 bits per heavy atom. The monoisotopic (exact) mass is 315 g/mol. The molecule has 2 rings (SSSR count). The van der Waals surface area contributed by atoms with E-state index in [-0.39, 0.29) is 12.0 Å². The molecule has 0 unspecified atom stereocenters. The lowest BCUT2D eigenvalue weighted by Crippen LogP contribution is -2.13. The number of hydrogen-bond donors (Lipinski definition) is 1. The van der Waals surface area contributed by atoms with Crippen LogP contribution in [-0.2, 0) is 0 Å². The summed E-state index contributed by atoms with van der Waals surface area (Å²) < 4.78 is 16.0. The summed E-state index contributed by atoms with van der Waals surface area (Å²) in [5.74, 6) is 1.62. The SMILES string of the molecule is COc1ccc(NC(=O)c2cccc(OC(C)C)c2)cc1OC. The van der Waals surface area contributed by atoms with Gasteiger partial charge in [-0.05, 0) is 44.2 Å². The van der Waals surface area contributed by atoms with Crippen molar-refractivity contribution in [1.29, 1.82) is 0 Å². The summed E-state index contributed by atoms with van der Waals surface area (Å²) in [6.45, 7) is 3.88. The van der Waals surface area contributed by atoms with Gasteiger partial charge in [0.25, 0.3) is 5.91 Å². The molecule has 5 nitrogen and oxygen atoms in total. The highest BCUT2D eigenvalue weighted by molar-refractivity contribution is 6.04. The molecule has 0 atom stereocenters. The van der Waals surface area contributed by atoms with Crippen molar-refractivity contribution in [3.05, 3.63) is 48.0 Å². The van der Waals surface area contributed by atoms with Crippen LogP contribution in [0.4, 0.5) is 5.69 Å². The van der Waals surface area contributed by atoms with Crippen molar-refractivity contribution in [2.24, 2.45) is 0 Å². The average Bonchev–Trinajstić information content (AvgIpc) is 2.54. The Morgan fingerprint density at radius 3 is 2.39 bits per heavy atom. The Hall–Kier alpha value is -2.69. The Balaban J connectivity index is 2.15. The Bertz CT molecular complexity index is 682. The molecule has 0 aliphatic rings. The second-order valence-electron chi connectivity index (χ2n) is 5.22. The van der Waals surface area contributed by atoms with Crippen molar-refractivity contribution in [3.63, 3.8) is 0 Å². The summed E-state index contributed by atoms with van der Waals surface area (Å²) in [5.41, 5.74) is 1.15. The highest BCUT2D eigenvalue weighted by Crippen LogP contribution is 2.30. The number of rotatable bonds is 6. The minimum absolute atomic E-state index is 0.0548. The van der Waals surface area contributed by atoms with Gasteiger partial charge in [-0.25, -0.2) is 0 Å². The Labute approximate surface area is 136 Å². The number of nitrogens with one attached hydrogen (secondary N) is 1. The Kier molecular flexibility index (Phi) is 5.46. The van der Waals surface area contributed by atoms with Crippen LogP contribution in [0.15, 0.2) is 42.5 Å². The van der Waals surface area contributed by atoms with E-state index in [1.807, 2.05) is 19.9 Å². The molecule has 0 aliphatic heterocycles. The molecule has 0 bridgehead atoms. The fourth-order valence-corrected chi connectivity index (χ4v) is 2.10. The lowest BCUT2D eigenvalue weighted by atomic mass is 10.2. The number of benzene rings is 2. The third kappa shape index (κ3) is 4.39. The van der Waals surface area contributed by atoms with E-state index in [0.29, 0.717) is 28.5 Å². The maximum Gasteiger partial charge on any atom is 0.255 e. The summed E-state index contributed by atoms with van der Waals surface area (Å²) in [4.78, 5) is 12.4. The molecule has 23 heavy (non-hydrogen) atoms. The number of methoxy groups -OCH3 is 2. The molecule has 0 heterocycles. The predicted octanol–water partition coefficient (Wildman–Crippen LogP) is 3.74. The molecule has 0 saturated heterocycles. The van der Waals surface area contributed by atoms with Gasteiger partial charge in [0, 0.05) is 17.3 Å². The van der Waals surface area contributed by atoms with Crippen molar-refractivity contribution in [2.75, 3.05) is 19.5 Å². The van der Waals surface area contributed by atoms with Crippen LogP contribution >= 0.6 is 0 Å². The summed E-state index contributed by atoms with van der Waals surface area (Å²) in [6, 6.07) is 12.3. The first kappa shape index (κ1) is 16.7. The van der Waals surface area contributed by atoms with Crippen molar-refractivity contribution in [3.8, 4) is 17.2 Å². The number of anilines is 1. The van der Waals surface area contributed by atoms with Crippen molar-refractivity contribution in [2.45, 2.75) is 20.0 Å². The first-order valence-electron chi connectivity index (χ1n) is 7.33. The summed E-state index contributed by atoms with van der Waals surface area (Å²) in [7, 11) is 3.12. The molecule has 0 aliphatic carbocycles. The number of ether oxygens (including phenoxy) is 3. The lowest BCUT2D eigenvalue weighted by Gasteiger charge is -2.12. The average molecular weight is 315 g/mol. The standard InChI is InChI=1S/C18H21NO4/c1-12(2)23-15-7-5-6-13(10-15)18(20)19-14-8-9-16(21-3)17(11-14)22-4/h5-12H,1-4H3,(H,19,20). The van der Waals surface area contributed by atoms with Crippen LogP contribution in [0.1, 0.15) is 24.2 Å². The molecule has 0 fully saturated rings. The van der Waals surface area contributed by atoms with Crippen LogP contribution in [0.2, 0.25) is 0 Å². The van der Waals surface area contributed by atoms with E-state index in [1.54, 1.807) is 50.6 Å². The molecular weight excluding hydrogens is 294 g/mol. The van der Waals surface area contributed by atoms with E-state index in [4.69, 9.17) is 14.2 Å². The van der Waals surface area contributed by atoms with Crippen LogP contribution in [0.25, 0.3) is 0 Å². The van der Waals surface area contributed by atoms with Gasteiger partial charge in [0.15, 0.2) is 11.5 Å². The van der Waals surface area contributed by atoms with Gasteiger partial charge in [-0.15, -0.1) is 0 Å². The molecule has 1 amide bonds. The minimum atomic E-state index is -0.216. The maximum atomic E-state index is 12.4. The zero-order valence-electron chi connectivity index (χ0n) is 13.8. The van der Waals surface area contributed by atoms with Gasteiger partial charge in [-0.3, -0.25) is 4.79 Å². The van der Waals surface area contributed by atoms with Gasteiger partial charge in [0.2, 0.25) is 0 Å². The zero-order valence-corrected chi connectivity index (χ0v) is 13.8. The van der Waals surface area contributed by atoms with Gasteiger partial charge < -0.3 is 19.5 Å². The number of carbonyl (C=O) groups excluding carboxylic acids is 1. The van der Waals surface area contributed by atoms with Crippen LogP contribution in [-0.4, -0.2) is 26.2 Å². The number of hydrogen-bond acceptors (Lipinski definition) is 4. The maximum absolute atomic E-state index is 12.4. The molecule has 122 valence electrons. The number of carbonyl (C=O) groups is 1. The van der Waals surface area contributed by atoms with E-state index in [0.717, 1.165) is 0 Å². The van der Waals surface area contributed by atoms with Crippen LogP contribution in [0, 0.1) is 0 Å². The molecule has 0 spiro atoms. The molecule has 1 N–H and O–H groups in total. The highest BCUT2D eigenvalue weighted by Gasteiger charge is 2.10. The van der Waals surface area contributed by atoms with Gasteiger partial charge in [-0.2, -0.15) is 0 Å². The predicted molar refractivity (Wildman–Crippen MR) is 89.7 cm³/mol.